The second-order valence-corrected chi connectivity index (χ2v) is 8.58. The first-order valence-corrected chi connectivity index (χ1v) is 11.4. The van der Waals surface area contributed by atoms with Crippen LogP contribution < -0.4 is 20.1 Å². The summed E-state index contributed by atoms with van der Waals surface area (Å²) in [7, 11) is 0. The van der Waals surface area contributed by atoms with E-state index in [4.69, 9.17) is 13.9 Å². The van der Waals surface area contributed by atoms with Crippen molar-refractivity contribution < 1.29 is 28.3 Å². The van der Waals surface area contributed by atoms with Gasteiger partial charge in [-0.25, -0.2) is 0 Å². The molecule has 0 radical (unpaired) electrons. The van der Waals surface area contributed by atoms with E-state index in [0.29, 0.717) is 54.4 Å². The maximum Gasteiger partial charge on any atom is 0.291 e. The van der Waals surface area contributed by atoms with Crippen LogP contribution in [-0.4, -0.2) is 42.5 Å². The van der Waals surface area contributed by atoms with Gasteiger partial charge in [-0.3, -0.25) is 14.4 Å². The quantitative estimate of drug-likeness (QED) is 0.576. The molecule has 2 aliphatic heterocycles. The van der Waals surface area contributed by atoms with Crippen molar-refractivity contribution in [3.8, 4) is 11.5 Å². The van der Waals surface area contributed by atoms with E-state index in [9.17, 15) is 14.4 Å². The molecule has 1 saturated heterocycles. The Morgan fingerprint density at radius 1 is 0.943 bits per heavy atom. The summed E-state index contributed by atoms with van der Waals surface area (Å²) in [5.74, 6) is 0.697. The minimum Gasteiger partial charge on any atom is -0.459 e. The van der Waals surface area contributed by atoms with Crippen molar-refractivity contribution in [1.82, 2.24) is 4.90 Å². The standard InChI is InChI=1S/C26H25N3O6/c1-16-4-5-18(13-20(16)28-25(31)22-3-2-12-33-22)26(32)29-10-8-17(9-11-29)24(30)27-19-6-7-21-23(14-19)35-15-34-21/h2-7,12-14,17H,8-11,15H2,1H3,(H,27,30)(H,28,31). The van der Waals surface area contributed by atoms with Crippen LogP contribution in [0.2, 0.25) is 0 Å². The van der Waals surface area contributed by atoms with Gasteiger partial charge in [0.05, 0.1) is 6.26 Å². The summed E-state index contributed by atoms with van der Waals surface area (Å²) in [5.41, 5.74) is 2.52. The Labute approximate surface area is 202 Å². The van der Waals surface area contributed by atoms with Crippen LogP contribution in [0.3, 0.4) is 0 Å². The molecule has 9 nitrogen and oxygen atoms in total. The molecule has 2 aliphatic rings. The number of carbonyl (C=O) groups is 3. The van der Waals surface area contributed by atoms with E-state index in [1.807, 2.05) is 6.92 Å². The van der Waals surface area contributed by atoms with Gasteiger partial charge in [-0.2, -0.15) is 0 Å². The van der Waals surface area contributed by atoms with E-state index in [0.717, 1.165) is 5.56 Å². The first kappa shape index (κ1) is 22.5. The molecule has 1 aromatic heterocycles. The van der Waals surface area contributed by atoms with Gasteiger partial charge in [-0.05, 0) is 61.7 Å². The predicted octanol–water partition coefficient (Wildman–Crippen LogP) is 4.06. The minimum atomic E-state index is -0.378. The van der Waals surface area contributed by atoms with Crippen LogP contribution in [0.4, 0.5) is 11.4 Å². The molecule has 35 heavy (non-hydrogen) atoms. The molecular formula is C26H25N3O6. The second kappa shape index (κ2) is 9.54. The lowest BCUT2D eigenvalue weighted by molar-refractivity contribution is -0.121. The number of piperidine rings is 1. The molecule has 0 bridgehead atoms. The highest BCUT2D eigenvalue weighted by atomic mass is 16.7. The van der Waals surface area contributed by atoms with Gasteiger partial charge in [-0.15, -0.1) is 0 Å². The van der Waals surface area contributed by atoms with Gasteiger partial charge in [0.1, 0.15) is 0 Å². The fraction of sp³-hybridized carbons (Fsp3) is 0.269. The Morgan fingerprint density at radius 3 is 2.51 bits per heavy atom. The van der Waals surface area contributed by atoms with Gasteiger partial charge in [0.25, 0.3) is 11.8 Å². The monoisotopic (exact) mass is 475 g/mol. The Morgan fingerprint density at radius 2 is 1.74 bits per heavy atom. The van der Waals surface area contributed by atoms with Gasteiger partial charge < -0.3 is 29.4 Å². The fourth-order valence-electron chi connectivity index (χ4n) is 4.23. The number of nitrogens with zero attached hydrogens (tertiary/aromatic N) is 1. The highest BCUT2D eigenvalue weighted by Crippen LogP contribution is 2.34. The first-order valence-electron chi connectivity index (χ1n) is 11.4. The summed E-state index contributed by atoms with van der Waals surface area (Å²) < 4.78 is 15.8. The number of nitrogens with one attached hydrogen (secondary N) is 2. The lowest BCUT2D eigenvalue weighted by Crippen LogP contribution is -2.41. The highest BCUT2D eigenvalue weighted by molar-refractivity contribution is 6.04. The SMILES string of the molecule is Cc1ccc(C(=O)N2CCC(C(=O)Nc3ccc4c(c3)OCO4)CC2)cc1NC(=O)c1ccco1. The molecule has 0 saturated carbocycles. The van der Waals surface area contributed by atoms with Crippen LogP contribution in [-0.2, 0) is 4.79 Å². The molecule has 5 rings (SSSR count). The van der Waals surface area contributed by atoms with E-state index in [-0.39, 0.29) is 36.2 Å². The average molecular weight is 476 g/mol. The summed E-state index contributed by atoms with van der Waals surface area (Å²) in [4.78, 5) is 40.0. The smallest absolute Gasteiger partial charge is 0.291 e. The van der Waals surface area contributed by atoms with Crippen LogP contribution >= 0.6 is 0 Å². The number of benzene rings is 2. The van der Waals surface area contributed by atoms with Crippen molar-refractivity contribution in [2.75, 3.05) is 30.5 Å². The van der Waals surface area contributed by atoms with Gasteiger partial charge in [0, 0.05) is 42.0 Å². The normalized spacial score (nSPS) is 15.1. The van der Waals surface area contributed by atoms with Crippen molar-refractivity contribution in [1.29, 1.82) is 0 Å². The van der Waals surface area contributed by atoms with E-state index in [1.54, 1.807) is 53.4 Å². The predicted molar refractivity (Wildman–Crippen MR) is 128 cm³/mol. The largest absolute Gasteiger partial charge is 0.459 e. The summed E-state index contributed by atoms with van der Waals surface area (Å²) in [6.45, 7) is 2.98. The highest BCUT2D eigenvalue weighted by Gasteiger charge is 2.28. The molecule has 0 aliphatic carbocycles. The zero-order chi connectivity index (χ0) is 24.4. The number of carbonyl (C=O) groups excluding carboxylic acids is 3. The Hall–Kier alpha value is -4.27. The number of likely N-dealkylation sites (tertiary alicyclic amines) is 1. The first-order chi connectivity index (χ1) is 17.0. The molecule has 9 heteroatoms. The van der Waals surface area contributed by atoms with Crippen LogP contribution in [0, 0.1) is 12.8 Å². The van der Waals surface area contributed by atoms with Gasteiger partial charge in [0.15, 0.2) is 17.3 Å². The molecule has 2 N–H and O–H groups in total. The van der Waals surface area contributed by atoms with E-state index >= 15 is 0 Å². The third-order valence-corrected chi connectivity index (χ3v) is 6.27. The molecule has 1 fully saturated rings. The summed E-state index contributed by atoms with van der Waals surface area (Å²) in [6, 6.07) is 13.7. The maximum absolute atomic E-state index is 13.1. The topological polar surface area (TPSA) is 110 Å². The molecule has 3 amide bonds. The number of rotatable bonds is 5. The maximum atomic E-state index is 13.1. The number of aryl methyl sites for hydroxylation is 1. The Bertz CT molecular complexity index is 1260. The minimum absolute atomic E-state index is 0.0748. The molecule has 0 unspecified atom stereocenters. The van der Waals surface area contributed by atoms with Crippen molar-refractivity contribution in [3.63, 3.8) is 0 Å². The number of anilines is 2. The van der Waals surface area contributed by atoms with Crippen molar-refractivity contribution in [3.05, 3.63) is 71.7 Å². The number of ether oxygens (including phenoxy) is 2. The summed E-state index contributed by atoms with van der Waals surface area (Å²) in [5, 5.41) is 5.73. The number of fused-ring (bicyclic) bond motifs is 1. The summed E-state index contributed by atoms with van der Waals surface area (Å²) in [6.07, 6.45) is 2.56. The third kappa shape index (κ3) is 4.84. The van der Waals surface area contributed by atoms with Gasteiger partial charge >= 0.3 is 0 Å². The summed E-state index contributed by atoms with van der Waals surface area (Å²) >= 11 is 0. The fourth-order valence-corrected chi connectivity index (χ4v) is 4.23. The number of hydrogen-bond acceptors (Lipinski definition) is 6. The van der Waals surface area contributed by atoms with Crippen molar-refractivity contribution >= 4 is 29.1 Å². The molecule has 180 valence electrons. The average Bonchev–Trinajstić information content (AvgIpc) is 3.57. The Balaban J connectivity index is 1.18. The van der Waals surface area contributed by atoms with Crippen molar-refractivity contribution in [2.24, 2.45) is 5.92 Å². The van der Waals surface area contributed by atoms with Crippen LogP contribution in [0.1, 0.15) is 39.3 Å². The molecular weight excluding hydrogens is 450 g/mol. The molecule has 3 heterocycles. The van der Waals surface area contributed by atoms with E-state index in [2.05, 4.69) is 10.6 Å². The third-order valence-electron chi connectivity index (χ3n) is 6.27. The zero-order valence-corrected chi connectivity index (χ0v) is 19.2. The van der Waals surface area contributed by atoms with Crippen molar-refractivity contribution in [2.45, 2.75) is 19.8 Å². The molecule has 0 spiro atoms. The van der Waals surface area contributed by atoms with Gasteiger partial charge in [0.2, 0.25) is 12.7 Å². The van der Waals surface area contributed by atoms with Gasteiger partial charge in [-0.1, -0.05) is 6.07 Å². The molecule has 3 aromatic rings. The number of amides is 3. The van der Waals surface area contributed by atoms with Crippen LogP contribution in [0.15, 0.2) is 59.2 Å². The number of hydrogen-bond donors (Lipinski definition) is 2. The number of furan rings is 1. The second-order valence-electron chi connectivity index (χ2n) is 8.58. The van der Waals surface area contributed by atoms with Crippen LogP contribution in [0.25, 0.3) is 0 Å². The zero-order valence-electron chi connectivity index (χ0n) is 19.2. The molecule has 0 atom stereocenters. The van der Waals surface area contributed by atoms with Crippen LogP contribution in [0.5, 0.6) is 11.5 Å². The lowest BCUT2D eigenvalue weighted by atomic mass is 9.95. The Kier molecular flexibility index (Phi) is 6.13. The lowest BCUT2D eigenvalue weighted by Gasteiger charge is -2.31. The van der Waals surface area contributed by atoms with E-state index < -0.39 is 0 Å². The van der Waals surface area contributed by atoms with E-state index in [1.165, 1.54) is 6.26 Å². The molecule has 2 aromatic carbocycles.